The maximum absolute atomic E-state index is 2.64. The Morgan fingerprint density at radius 3 is 2.41 bits per heavy atom. The average Bonchev–Trinajstić information content (AvgIpc) is 3.04. The molecule has 136 valence electrons. The highest BCUT2D eigenvalue weighted by Crippen LogP contribution is 2.48. The molecule has 5 rings (SSSR count). The van der Waals surface area contributed by atoms with Crippen LogP contribution in [0.2, 0.25) is 0 Å². The number of likely N-dealkylation sites (tertiary alicyclic amines) is 1. The second-order valence-electron chi connectivity index (χ2n) is 7.95. The van der Waals surface area contributed by atoms with Crippen molar-refractivity contribution in [2.45, 2.75) is 31.8 Å². The Kier molecular flexibility index (Phi) is 4.21. The van der Waals surface area contributed by atoms with E-state index in [1.165, 1.54) is 34.5 Å². The van der Waals surface area contributed by atoms with Crippen LogP contribution < -0.4 is 4.90 Å². The normalized spacial score (nSPS) is 21.7. The Hall–Kier alpha value is -2.58. The van der Waals surface area contributed by atoms with E-state index in [1.54, 1.807) is 0 Å². The highest BCUT2D eigenvalue weighted by molar-refractivity contribution is 5.72. The number of hydrogen-bond acceptors (Lipinski definition) is 2. The first kappa shape index (κ1) is 16.6. The third-order valence-corrected chi connectivity index (χ3v) is 6.15. The van der Waals surface area contributed by atoms with Gasteiger partial charge in [-0.2, -0.15) is 0 Å². The lowest BCUT2D eigenvalue weighted by molar-refractivity contribution is 0.189. The zero-order valence-corrected chi connectivity index (χ0v) is 15.9. The summed E-state index contributed by atoms with van der Waals surface area (Å²) in [4.78, 5) is 5.22. The number of para-hydroxylation sites is 2. The molecule has 2 atom stereocenters. The molecule has 3 aromatic carbocycles. The molecule has 3 aromatic rings. The zero-order valence-electron chi connectivity index (χ0n) is 15.9. The highest BCUT2D eigenvalue weighted by Gasteiger charge is 2.42. The predicted octanol–water partition coefficient (Wildman–Crippen LogP) is 5.50. The fourth-order valence-electron chi connectivity index (χ4n) is 4.84. The number of nitrogens with zero attached hydrogens (tertiary/aromatic N) is 2. The lowest BCUT2D eigenvalue weighted by Gasteiger charge is -2.39. The van der Waals surface area contributed by atoms with Gasteiger partial charge in [-0.05, 0) is 42.7 Å². The molecule has 0 saturated carbocycles. The molecule has 0 aliphatic carbocycles. The molecule has 0 radical (unpaired) electrons. The van der Waals surface area contributed by atoms with E-state index in [9.17, 15) is 0 Å². The number of hydrogen-bond donors (Lipinski definition) is 0. The van der Waals surface area contributed by atoms with E-state index >= 15 is 0 Å². The van der Waals surface area contributed by atoms with E-state index in [-0.39, 0.29) is 0 Å². The Morgan fingerprint density at radius 1 is 0.852 bits per heavy atom. The highest BCUT2D eigenvalue weighted by atomic mass is 15.2. The van der Waals surface area contributed by atoms with Crippen LogP contribution in [0.15, 0.2) is 78.9 Å². The Bertz CT molecular complexity index is 917. The maximum Gasteiger partial charge on any atom is 0.0450 e. The lowest BCUT2D eigenvalue weighted by Crippen LogP contribution is -2.44. The smallest absolute Gasteiger partial charge is 0.0450 e. The zero-order chi connectivity index (χ0) is 18.2. The summed E-state index contributed by atoms with van der Waals surface area (Å²) in [6, 6.07) is 29.5. The van der Waals surface area contributed by atoms with Gasteiger partial charge in [0.2, 0.25) is 0 Å². The second-order valence-corrected chi connectivity index (χ2v) is 7.95. The van der Waals surface area contributed by atoms with Crippen LogP contribution in [0.3, 0.4) is 0 Å². The van der Waals surface area contributed by atoms with Crippen LogP contribution in [-0.2, 0) is 6.54 Å². The molecule has 0 amide bonds. The van der Waals surface area contributed by atoms with Crippen molar-refractivity contribution in [1.29, 1.82) is 0 Å². The van der Waals surface area contributed by atoms with Gasteiger partial charge in [0, 0.05) is 43.0 Å². The van der Waals surface area contributed by atoms with Gasteiger partial charge in [0.05, 0.1) is 0 Å². The summed E-state index contributed by atoms with van der Waals surface area (Å²) in [5.41, 5.74) is 6.99. The van der Waals surface area contributed by atoms with Crippen molar-refractivity contribution in [2.24, 2.45) is 0 Å². The van der Waals surface area contributed by atoms with Crippen LogP contribution in [0, 0.1) is 6.92 Å². The Balaban J connectivity index is 1.42. The molecule has 0 aromatic heterocycles. The van der Waals surface area contributed by atoms with Crippen LogP contribution in [0.25, 0.3) is 0 Å². The van der Waals surface area contributed by atoms with Gasteiger partial charge in [0.25, 0.3) is 0 Å². The van der Waals surface area contributed by atoms with E-state index in [2.05, 4.69) is 95.6 Å². The molecule has 0 N–H and O–H groups in total. The molecular weight excluding hydrogens is 328 g/mol. The van der Waals surface area contributed by atoms with E-state index < -0.39 is 0 Å². The monoisotopic (exact) mass is 354 g/mol. The van der Waals surface area contributed by atoms with E-state index in [1.807, 2.05) is 0 Å². The predicted molar refractivity (Wildman–Crippen MR) is 113 cm³/mol. The largest absolute Gasteiger partial charge is 0.337 e. The van der Waals surface area contributed by atoms with Crippen molar-refractivity contribution in [3.63, 3.8) is 0 Å². The van der Waals surface area contributed by atoms with Crippen molar-refractivity contribution < 1.29 is 0 Å². The minimum Gasteiger partial charge on any atom is -0.337 e. The molecular formula is C25H26N2. The SMILES string of the molecule is Cc1ccc(CN2CC[C@@H]3[C@@H](C2)c2ccccc2N3c2ccccc2)cc1. The first-order valence-electron chi connectivity index (χ1n) is 10.0. The van der Waals surface area contributed by atoms with Crippen LogP contribution in [0.5, 0.6) is 0 Å². The third-order valence-electron chi connectivity index (χ3n) is 6.15. The Labute approximate surface area is 162 Å². The lowest BCUT2D eigenvalue weighted by atomic mass is 9.89. The maximum atomic E-state index is 2.64. The molecule has 0 bridgehead atoms. The standard InChI is InChI=1S/C25H26N2/c1-19-11-13-20(14-12-19)17-26-16-15-25-23(18-26)22-9-5-6-10-24(22)27(25)21-7-3-2-4-8-21/h2-14,23,25H,15-18H2,1H3/t23-,25+/m0/s1. The summed E-state index contributed by atoms with van der Waals surface area (Å²) >= 11 is 0. The second kappa shape index (κ2) is 6.86. The minimum absolute atomic E-state index is 0.569. The van der Waals surface area contributed by atoms with Crippen molar-refractivity contribution in [2.75, 3.05) is 18.0 Å². The number of benzene rings is 3. The molecule has 2 heteroatoms. The average molecular weight is 354 g/mol. The quantitative estimate of drug-likeness (QED) is 0.612. The summed E-state index contributed by atoms with van der Waals surface area (Å²) < 4.78 is 0. The molecule has 2 aliphatic rings. The first-order chi connectivity index (χ1) is 13.3. The minimum atomic E-state index is 0.569. The van der Waals surface area contributed by atoms with Gasteiger partial charge >= 0.3 is 0 Å². The fourth-order valence-corrected chi connectivity index (χ4v) is 4.84. The van der Waals surface area contributed by atoms with Crippen molar-refractivity contribution in [3.8, 4) is 0 Å². The molecule has 1 fully saturated rings. The molecule has 0 unspecified atom stereocenters. The van der Waals surface area contributed by atoms with Crippen molar-refractivity contribution >= 4 is 11.4 Å². The van der Waals surface area contributed by atoms with Crippen LogP contribution >= 0.6 is 0 Å². The molecule has 2 heterocycles. The summed E-state index contributed by atoms with van der Waals surface area (Å²) in [7, 11) is 0. The molecule has 1 saturated heterocycles. The molecule has 0 spiro atoms. The van der Waals surface area contributed by atoms with E-state index in [4.69, 9.17) is 0 Å². The number of piperidine rings is 1. The summed E-state index contributed by atoms with van der Waals surface area (Å²) in [6.45, 7) is 5.51. The van der Waals surface area contributed by atoms with Gasteiger partial charge < -0.3 is 4.90 Å². The van der Waals surface area contributed by atoms with Gasteiger partial charge in [0.1, 0.15) is 0 Å². The van der Waals surface area contributed by atoms with Crippen molar-refractivity contribution in [1.82, 2.24) is 4.90 Å². The van der Waals surface area contributed by atoms with Gasteiger partial charge in [0.15, 0.2) is 0 Å². The van der Waals surface area contributed by atoms with Gasteiger partial charge in [-0.25, -0.2) is 0 Å². The summed E-state index contributed by atoms with van der Waals surface area (Å²) in [6.07, 6.45) is 1.21. The summed E-state index contributed by atoms with van der Waals surface area (Å²) in [5, 5.41) is 0. The topological polar surface area (TPSA) is 6.48 Å². The number of fused-ring (bicyclic) bond motifs is 3. The van der Waals surface area contributed by atoms with E-state index in [0.717, 1.165) is 19.6 Å². The van der Waals surface area contributed by atoms with Crippen LogP contribution in [-0.4, -0.2) is 24.0 Å². The third kappa shape index (κ3) is 3.04. The molecule has 2 nitrogen and oxygen atoms in total. The molecule has 27 heavy (non-hydrogen) atoms. The van der Waals surface area contributed by atoms with Gasteiger partial charge in [-0.15, -0.1) is 0 Å². The van der Waals surface area contributed by atoms with Crippen molar-refractivity contribution in [3.05, 3.63) is 95.6 Å². The molecule has 2 aliphatic heterocycles. The number of aryl methyl sites for hydroxylation is 1. The van der Waals surface area contributed by atoms with Gasteiger partial charge in [-0.1, -0.05) is 66.2 Å². The summed E-state index contributed by atoms with van der Waals surface area (Å²) in [5.74, 6) is 0.584. The van der Waals surface area contributed by atoms with Crippen LogP contribution in [0.1, 0.15) is 29.0 Å². The first-order valence-corrected chi connectivity index (χ1v) is 10.0. The van der Waals surface area contributed by atoms with Crippen LogP contribution in [0.4, 0.5) is 11.4 Å². The van der Waals surface area contributed by atoms with Gasteiger partial charge in [-0.3, -0.25) is 4.90 Å². The fraction of sp³-hybridized carbons (Fsp3) is 0.280. The number of anilines is 2. The Morgan fingerprint density at radius 2 is 1.59 bits per heavy atom. The number of rotatable bonds is 3. The van der Waals surface area contributed by atoms with E-state index in [0.29, 0.717) is 12.0 Å².